The zero-order valence-corrected chi connectivity index (χ0v) is 12.1. The Morgan fingerprint density at radius 1 is 1.33 bits per heavy atom. The topological polar surface area (TPSA) is 80.8 Å². The van der Waals surface area contributed by atoms with Crippen LogP contribution in [0.1, 0.15) is 44.5 Å². The van der Waals surface area contributed by atoms with Crippen LogP contribution in [0.2, 0.25) is 0 Å². The van der Waals surface area contributed by atoms with Crippen molar-refractivity contribution in [1.82, 2.24) is 15.3 Å². The Kier molecular flexibility index (Phi) is 5.37. The fourth-order valence-corrected chi connectivity index (χ4v) is 2.30. The van der Waals surface area contributed by atoms with Gasteiger partial charge in [-0.3, -0.25) is 0 Å². The number of carbonyl (C=O) groups is 1. The molecule has 0 fully saturated rings. The van der Waals surface area contributed by atoms with Crippen LogP contribution < -0.4 is 10.4 Å². The summed E-state index contributed by atoms with van der Waals surface area (Å²) in [6, 6.07) is 9.47. The average molecular weight is 286 g/mol. The van der Waals surface area contributed by atoms with Crippen molar-refractivity contribution >= 4 is 6.09 Å². The number of aromatic nitrogens is 2. The van der Waals surface area contributed by atoms with Gasteiger partial charge in [0, 0.05) is 0 Å². The highest BCUT2D eigenvalue weighted by atomic mass is 16.4. The van der Waals surface area contributed by atoms with Gasteiger partial charge in [-0.1, -0.05) is 56.5 Å². The maximum absolute atomic E-state index is 10.8. The summed E-state index contributed by atoms with van der Waals surface area (Å²) < 4.78 is 0. The standard InChI is InChI=1S/C16H21N3O2/c1-2-3-5-10-13(19-16(20)21)15-17-11-14(18-15)12-8-6-4-7-9-12/h4,6-9,11,13,19H,2-3,5,10H2,1H3,(H,17,18)(H,20,21)/p-1. The normalized spacial score (nSPS) is 12.0. The van der Waals surface area contributed by atoms with Gasteiger partial charge in [-0.2, -0.15) is 0 Å². The highest BCUT2D eigenvalue weighted by Gasteiger charge is 2.15. The molecule has 112 valence electrons. The molecular weight excluding hydrogens is 266 g/mol. The molecule has 0 bridgehead atoms. The second-order valence-corrected chi connectivity index (χ2v) is 5.03. The Hall–Kier alpha value is -2.30. The largest absolute Gasteiger partial charge is 0.530 e. The fraction of sp³-hybridized carbons (Fsp3) is 0.375. The molecule has 0 aliphatic rings. The van der Waals surface area contributed by atoms with E-state index in [-0.39, 0.29) is 6.04 Å². The maximum atomic E-state index is 10.8. The van der Waals surface area contributed by atoms with E-state index < -0.39 is 6.09 Å². The van der Waals surface area contributed by atoms with Gasteiger partial charge in [0.15, 0.2) is 0 Å². The van der Waals surface area contributed by atoms with E-state index >= 15 is 0 Å². The molecule has 1 unspecified atom stereocenters. The number of hydrogen-bond acceptors (Lipinski definition) is 3. The summed E-state index contributed by atoms with van der Waals surface area (Å²) in [5, 5.41) is 13.3. The van der Waals surface area contributed by atoms with Gasteiger partial charge < -0.3 is 20.2 Å². The quantitative estimate of drug-likeness (QED) is 0.768. The van der Waals surface area contributed by atoms with E-state index in [1.807, 2.05) is 30.3 Å². The van der Waals surface area contributed by atoms with E-state index in [4.69, 9.17) is 0 Å². The lowest BCUT2D eigenvalue weighted by Crippen LogP contribution is -2.39. The minimum Gasteiger partial charge on any atom is -0.530 e. The summed E-state index contributed by atoms with van der Waals surface area (Å²) >= 11 is 0. The Labute approximate surface area is 124 Å². The number of H-pyrrole nitrogens is 1. The van der Waals surface area contributed by atoms with Crippen LogP contribution in [-0.2, 0) is 0 Å². The van der Waals surface area contributed by atoms with Crippen molar-refractivity contribution in [2.75, 3.05) is 0 Å². The van der Waals surface area contributed by atoms with Crippen molar-refractivity contribution in [2.45, 2.75) is 38.6 Å². The molecule has 0 radical (unpaired) electrons. The molecule has 0 saturated heterocycles. The Morgan fingerprint density at radius 2 is 2.10 bits per heavy atom. The molecule has 0 aliphatic heterocycles. The number of nitrogens with one attached hydrogen (secondary N) is 2. The molecule has 2 aromatic rings. The van der Waals surface area contributed by atoms with E-state index in [0.717, 1.165) is 30.5 Å². The van der Waals surface area contributed by atoms with E-state index in [0.29, 0.717) is 12.2 Å². The lowest BCUT2D eigenvalue weighted by Gasteiger charge is -2.18. The van der Waals surface area contributed by atoms with Crippen molar-refractivity contribution in [3.8, 4) is 11.3 Å². The second-order valence-electron chi connectivity index (χ2n) is 5.03. The van der Waals surface area contributed by atoms with Gasteiger partial charge in [-0.25, -0.2) is 4.98 Å². The zero-order chi connectivity index (χ0) is 15.1. The molecule has 0 saturated carbocycles. The second kappa shape index (κ2) is 7.47. The van der Waals surface area contributed by atoms with Gasteiger partial charge >= 0.3 is 0 Å². The summed E-state index contributed by atoms with van der Waals surface area (Å²) in [5.41, 5.74) is 1.91. The first kappa shape index (κ1) is 15.1. The van der Waals surface area contributed by atoms with E-state index in [1.54, 1.807) is 6.20 Å². The van der Waals surface area contributed by atoms with Crippen LogP contribution in [0.25, 0.3) is 11.3 Å². The highest BCUT2D eigenvalue weighted by molar-refractivity contribution is 5.63. The lowest BCUT2D eigenvalue weighted by atomic mass is 10.1. The number of hydrogen-bond donors (Lipinski definition) is 2. The zero-order valence-electron chi connectivity index (χ0n) is 12.1. The third-order valence-corrected chi connectivity index (χ3v) is 3.40. The number of benzene rings is 1. The van der Waals surface area contributed by atoms with Crippen molar-refractivity contribution in [1.29, 1.82) is 0 Å². The van der Waals surface area contributed by atoms with E-state index in [1.165, 1.54) is 0 Å². The van der Waals surface area contributed by atoms with Crippen LogP contribution in [0.15, 0.2) is 36.5 Å². The number of unbranched alkanes of at least 4 members (excludes halogenated alkanes) is 2. The summed E-state index contributed by atoms with van der Waals surface area (Å²) in [6.45, 7) is 2.11. The first-order chi connectivity index (χ1) is 10.2. The molecule has 1 aromatic carbocycles. The molecule has 2 rings (SSSR count). The van der Waals surface area contributed by atoms with Crippen molar-refractivity contribution in [3.63, 3.8) is 0 Å². The van der Waals surface area contributed by atoms with E-state index in [9.17, 15) is 9.90 Å². The third kappa shape index (κ3) is 4.34. The Balaban J connectivity index is 2.12. The molecule has 1 aromatic heterocycles. The Morgan fingerprint density at radius 3 is 2.76 bits per heavy atom. The van der Waals surface area contributed by atoms with Gasteiger partial charge in [-0.15, -0.1) is 0 Å². The van der Waals surface area contributed by atoms with Crippen LogP contribution in [0.3, 0.4) is 0 Å². The Bertz CT molecular complexity index is 566. The van der Waals surface area contributed by atoms with Crippen LogP contribution >= 0.6 is 0 Å². The molecule has 1 heterocycles. The molecule has 1 amide bonds. The monoisotopic (exact) mass is 286 g/mol. The van der Waals surface area contributed by atoms with Gasteiger partial charge in [0.25, 0.3) is 0 Å². The highest BCUT2D eigenvalue weighted by Crippen LogP contribution is 2.22. The first-order valence-corrected chi connectivity index (χ1v) is 7.28. The summed E-state index contributed by atoms with van der Waals surface area (Å²) in [7, 11) is 0. The number of rotatable bonds is 7. The molecule has 5 nitrogen and oxygen atoms in total. The van der Waals surface area contributed by atoms with Crippen LogP contribution in [0.5, 0.6) is 0 Å². The number of amides is 1. The van der Waals surface area contributed by atoms with Crippen LogP contribution in [-0.4, -0.2) is 16.1 Å². The predicted octanol–water partition coefficient (Wildman–Crippen LogP) is 2.63. The minimum atomic E-state index is -1.27. The average Bonchev–Trinajstić information content (AvgIpc) is 2.97. The number of carbonyl (C=O) groups excluding carboxylic acids is 1. The number of aromatic amines is 1. The molecule has 5 heteroatoms. The predicted molar refractivity (Wildman–Crippen MR) is 79.4 cm³/mol. The van der Waals surface area contributed by atoms with Gasteiger partial charge in [-0.05, 0) is 12.0 Å². The molecule has 0 spiro atoms. The minimum absolute atomic E-state index is 0.348. The molecule has 1 atom stereocenters. The first-order valence-electron chi connectivity index (χ1n) is 7.28. The van der Waals surface area contributed by atoms with Crippen molar-refractivity contribution < 1.29 is 9.90 Å². The number of nitrogens with zero attached hydrogens (tertiary/aromatic N) is 1. The molecular formula is C16H20N3O2-. The third-order valence-electron chi connectivity index (χ3n) is 3.40. The summed E-state index contributed by atoms with van der Waals surface area (Å²) in [5.74, 6) is 0.633. The summed E-state index contributed by atoms with van der Waals surface area (Å²) in [6.07, 6.45) is 4.28. The maximum Gasteiger partial charge on any atom is 0.134 e. The van der Waals surface area contributed by atoms with Gasteiger partial charge in [0.1, 0.15) is 11.9 Å². The molecule has 2 N–H and O–H groups in total. The van der Waals surface area contributed by atoms with Crippen LogP contribution in [0, 0.1) is 0 Å². The van der Waals surface area contributed by atoms with Crippen molar-refractivity contribution in [3.05, 3.63) is 42.4 Å². The lowest BCUT2D eigenvalue weighted by molar-refractivity contribution is -0.251. The van der Waals surface area contributed by atoms with Crippen LogP contribution in [0.4, 0.5) is 4.79 Å². The van der Waals surface area contributed by atoms with E-state index in [2.05, 4.69) is 22.2 Å². The van der Waals surface area contributed by atoms with Gasteiger partial charge in [0.05, 0.1) is 17.9 Å². The van der Waals surface area contributed by atoms with Gasteiger partial charge in [0.2, 0.25) is 0 Å². The smallest absolute Gasteiger partial charge is 0.134 e. The van der Waals surface area contributed by atoms with Crippen molar-refractivity contribution in [2.24, 2.45) is 0 Å². The molecule has 0 aliphatic carbocycles. The fourth-order valence-electron chi connectivity index (χ4n) is 2.30. The number of imidazole rings is 1. The number of carboxylic acid groups (broad SMARTS) is 1. The SMILES string of the molecule is CCCCCC(NC(=O)[O-])c1ncc(-c2ccccc2)[nH]1. The molecule has 21 heavy (non-hydrogen) atoms. The summed E-state index contributed by atoms with van der Waals surface area (Å²) in [4.78, 5) is 18.3.